The van der Waals surface area contributed by atoms with Gasteiger partial charge in [0.2, 0.25) is 0 Å². The van der Waals surface area contributed by atoms with E-state index in [1.807, 2.05) is 85.1 Å². The third-order valence-electron chi connectivity index (χ3n) is 5.14. The molecule has 3 aromatic rings. The first-order valence-electron chi connectivity index (χ1n) is 9.90. The molecule has 0 saturated carbocycles. The van der Waals surface area contributed by atoms with E-state index in [0.29, 0.717) is 17.5 Å². The van der Waals surface area contributed by atoms with Crippen LogP contribution < -0.4 is 20.6 Å². The van der Waals surface area contributed by atoms with E-state index in [0.717, 1.165) is 27.5 Å². The number of nitrogens with zero attached hydrogens (tertiary/aromatic N) is 3. The van der Waals surface area contributed by atoms with Crippen LogP contribution in [0.25, 0.3) is 5.70 Å². The van der Waals surface area contributed by atoms with E-state index >= 15 is 0 Å². The summed E-state index contributed by atoms with van der Waals surface area (Å²) in [5, 5.41) is 11.3. The molecule has 2 aliphatic heterocycles. The van der Waals surface area contributed by atoms with Crippen LogP contribution in [0.2, 0.25) is 0 Å². The minimum Gasteiger partial charge on any atom is -0.489 e. The zero-order chi connectivity index (χ0) is 21.2. The maximum atomic E-state index is 12.9. The van der Waals surface area contributed by atoms with Gasteiger partial charge in [0, 0.05) is 5.22 Å². The average molecular weight is 429 g/mol. The number of amidine groups is 1. The standard InChI is InChI=1S/C24H20N4O2S/c1-31-24-26-23(29)21-19-9-5-6-10-20(19)25-22(28(21)27-24)17-11-13-18(14-12-17)30-15-16-7-3-2-4-8-16/h2-14,22H,15H2,1H3,(H,26,27,29)/t22-/m0/s1. The maximum Gasteiger partial charge on any atom is 0.276 e. The zero-order valence-corrected chi connectivity index (χ0v) is 17.7. The summed E-state index contributed by atoms with van der Waals surface area (Å²) in [4.78, 5) is 17.8. The Kier molecular flexibility index (Phi) is 5.18. The van der Waals surface area contributed by atoms with Crippen LogP contribution in [0.1, 0.15) is 17.3 Å². The molecule has 31 heavy (non-hydrogen) atoms. The quantitative estimate of drug-likeness (QED) is 0.694. The van der Waals surface area contributed by atoms with Crippen molar-refractivity contribution in [2.75, 3.05) is 6.26 Å². The number of rotatable bonds is 4. The van der Waals surface area contributed by atoms with Crippen molar-refractivity contribution >= 4 is 28.5 Å². The third-order valence-corrected chi connectivity index (χ3v) is 5.71. The van der Waals surface area contributed by atoms with Gasteiger partial charge < -0.3 is 4.74 Å². The zero-order valence-electron chi connectivity index (χ0n) is 16.9. The molecule has 0 saturated heterocycles. The summed E-state index contributed by atoms with van der Waals surface area (Å²) in [7, 11) is 0. The Hall–Kier alpha value is -3.58. The van der Waals surface area contributed by atoms with Crippen molar-refractivity contribution in [1.29, 1.82) is 0 Å². The van der Waals surface area contributed by atoms with Crippen LogP contribution >= 0.6 is 11.8 Å². The molecule has 0 aromatic heterocycles. The highest BCUT2D eigenvalue weighted by Gasteiger charge is 2.34. The van der Waals surface area contributed by atoms with Crippen molar-refractivity contribution in [2.24, 2.45) is 10.1 Å². The van der Waals surface area contributed by atoms with Gasteiger partial charge in [0.05, 0.1) is 5.36 Å². The second kappa shape index (κ2) is 8.28. The summed E-state index contributed by atoms with van der Waals surface area (Å²) in [5.41, 5.74) is 2.55. The van der Waals surface area contributed by atoms with Crippen molar-refractivity contribution in [2.45, 2.75) is 12.8 Å². The fourth-order valence-electron chi connectivity index (χ4n) is 3.61. The van der Waals surface area contributed by atoms with Gasteiger partial charge in [-0.15, -0.1) is 5.10 Å². The van der Waals surface area contributed by atoms with Gasteiger partial charge >= 0.3 is 0 Å². The molecule has 154 valence electrons. The molecular weight excluding hydrogens is 408 g/mol. The number of fused-ring (bicyclic) bond motifs is 2. The second-order valence-electron chi connectivity index (χ2n) is 7.12. The van der Waals surface area contributed by atoms with Crippen molar-refractivity contribution in [3.05, 3.63) is 101 Å². The summed E-state index contributed by atoms with van der Waals surface area (Å²) >= 11 is 1.39. The summed E-state index contributed by atoms with van der Waals surface area (Å²) in [5.74, 6) is 0.604. The molecule has 6 nitrogen and oxygen atoms in total. The topological polar surface area (TPSA) is 66.3 Å². The Morgan fingerprint density at radius 1 is 1.00 bits per heavy atom. The number of benzene rings is 3. The van der Waals surface area contributed by atoms with Gasteiger partial charge in [-0.2, -0.15) is 0 Å². The Morgan fingerprint density at radius 2 is 1.74 bits per heavy atom. The third kappa shape index (κ3) is 3.80. The lowest BCUT2D eigenvalue weighted by atomic mass is 10.1. The van der Waals surface area contributed by atoms with E-state index in [-0.39, 0.29) is 5.91 Å². The summed E-state index contributed by atoms with van der Waals surface area (Å²) in [6.45, 7) is 0.507. The summed E-state index contributed by atoms with van der Waals surface area (Å²) in [6, 6.07) is 25.5. The van der Waals surface area contributed by atoms with Crippen LogP contribution in [-0.4, -0.2) is 22.3 Å². The number of hydrogen-bond donors (Lipinski definition) is 1. The minimum atomic E-state index is -0.429. The van der Waals surface area contributed by atoms with Gasteiger partial charge in [-0.05, 0) is 35.6 Å². The molecule has 5 rings (SSSR count). The smallest absolute Gasteiger partial charge is 0.276 e. The lowest BCUT2D eigenvalue weighted by molar-refractivity contribution is -0.116. The fraction of sp³-hybridized carbons (Fsp3) is 0.125. The van der Waals surface area contributed by atoms with Gasteiger partial charge in [0.25, 0.3) is 5.91 Å². The van der Waals surface area contributed by atoms with Crippen LogP contribution in [0.4, 0.5) is 0 Å². The van der Waals surface area contributed by atoms with Crippen LogP contribution in [-0.2, 0) is 11.4 Å². The number of thioether (sulfide) groups is 1. The number of nitrogens with one attached hydrogen (secondary N) is 1. The second-order valence-corrected chi connectivity index (χ2v) is 7.91. The number of ether oxygens (including phenoxy) is 1. The Labute approximate surface area is 184 Å². The SMILES string of the molecule is CSC1=NN2C(=c3ccccc3=N[C@@H]2c2ccc(OCc3ccccc3)cc2)C(=O)N1. The molecule has 0 unspecified atom stereocenters. The largest absolute Gasteiger partial charge is 0.489 e. The molecule has 0 spiro atoms. The highest BCUT2D eigenvalue weighted by molar-refractivity contribution is 8.13. The van der Waals surface area contributed by atoms with E-state index in [9.17, 15) is 4.79 Å². The Bertz CT molecular complexity index is 1270. The lowest BCUT2D eigenvalue weighted by Gasteiger charge is -2.33. The first kappa shape index (κ1) is 19.4. The maximum absolute atomic E-state index is 12.9. The highest BCUT2D eigenvalue weighted by Crippen LogP contribution is 2.31. The molecule has 0 radical (unpaired) electrons. The fourth-order valence-corrected chi connectivity index (χ4v) is 3.98. The van der Waals surface area contributed by atoms with Crippen molar-refractivity contribution in [3.63, 3.8) is 0 Å². The van der Waals surface area contributed by atoms with Gasteiger partial charge in [0.15, 0.2) is 11.3 Å². The molecule has 1 atom stereocenters. The molecule has 2 heterocycles. The van der Waals surface area contributed by atoms with E-state index in [1.54, 1.807) is 5.01 Å². The average Bonchev–Trinajstić information content (AvgIpc) is 2.83. The molecular formula is C24H20N4O2S. The van der Waals surface area contributed by atoms with Crippen LogP contribution in [0, 0.1) is 0 Å². The summed E-state index contributed by atoms with van der Waals surface area (Å²) < 4.78 is 5.90. The molecule has 3 aromatic carbocycles. The molecule has 7 heteroatoms. The number of hydrazone groups is 1. The minimum absolute atomic E-state index is 0.172. The molecule has 0 fully saturated rings. The van der Waals surface area contributed by atoms with Crippen molar-refractivity contribution in [3.8, 4) is 5.75 Å². The van der Waals surface area contributed by atoms with Crippen LogP contribution in [0.15, 0.2) is 89.0 Å². The van der Waals surface area contributed by atoms with E-state index in [4.69, 9.17) is 9.73 Å². The van der Waals surface area contributed by atoms with Crippen molar-refractivity contribution in [1.82, 2.24) is 10.3 Å². The predicted octanol–water partition coefficient (Wildman–Crippen LogP) is 2.77. The lowest BCUT2D eigenvalue weighted by Crippen LogP contribution is -2.50. The monoisotopic (exact) mass is 428 g/mol. The Morgan fingerprint density at radius 3 is 2.52 bits per heavy atom. The Balaban J connectivity index is 1.48. The first-order chi connectivity index (χ1) is 15.2. The normalized spacial score (nSPS) is 17.1. The van der Waals surface area contributed by atoms with E-state index < -0.39 is 6.17 Å². The van der Waals surface area contributed by atoms with Crippen molar-refractivity contribution < 1.29 is 9.53 Å². The van der Waals surface area contributed by atoms with E-state index in [2.05, 4.69) is 10.4 Å². The van der Waals surface area contributed by atoms with Gasteiger partial charge in [-0.3, -0.25) is 15.1 Å². The van der Waals surface area contributed by atoms with Gasteiger partial charge in [-0.1, -0.05) is 72.4 Å². The van der Waals surface area contributed by atoms with Gasteiger partial charge in [-0.25, -0.2) is 5.01 Å². The number of carbonyl (C=O) groups excluding carboxylic acids is 1. The van der Waals surface area contributed by atoms with E-state index in [1.165, 1.54) is 11.8 Å². The first-order valence-corrected chi connectivity index (χ1v) is 11.1. The van der Waals surface area contributed by atoms with Gasteiger partial charge in [0.1, 0.15) is 18.1 Å². The predicted molar refractivity (Wildman–Crippen MR) is 122 cm³/mol. The van der Waals surface area contributed by atoms with Crippen LogP contribution in [0.3, 0.4) is 0 Å². The highest BCUT2D eigenvalue weighted by atomic mass is 32.2. The molecule has 0 bridgehead atoms. The molecule has 1 N–H and O–H groups in total. The number of carbonyl (C=O) groups is 1. The number of amides is 1. The number of para-hydroxylation sites is 1. The number of hydrogen-bond acceptors (Lipinski definition) is 6. The molecule has 1 amide bonds. The van der Waals surface area contributed by atoms with Crippen LogP contribution in [0.5, 0.6) is 5.75 Å². The molecule has 0 aliphatic carbocycles. The molecule has 2 aliphatic rings. The summed E-state index contributed by atoms with van der Waals surface area (Å²) in [6.07, 6.45) is 1.45.